The predicted molar refractivity (Wildman–Crippen MR) is 112 cm³/mol. The summed E-state index contributed by atoms with van der Waals surface area (Å²) in [4.78, 5) is 43.8. The van der Waals surface area contributed by atoms with Crippen molar-refractivity contribution in [3.8, 4) is 0 Å². The molecule has 3 heterocycles. The first-order valence-electron chi connectivity index (χ1n) is 10.4. The van der Waals surface area contributed by atoms with E-state index in [1.165, 1.54) is 17.0 Å². The van der Waals surface area contributed by atoms with Gasteiger partial charge in [-0.15, -0.1) is 0 Å². The number of hydrogen-bond donors (Lipinski definition) is 1. The summed E-state index contributed by atoms with van der Waals surface area (Å²) in [6.07, 6.45) is 2.32. The number of amides is 3. The zero-order chi connectivity index (χ0) is 21.5. The monoisotopic (exact) mass is 419 g/mol. The van der Waals surface area contributed by atoms with E-state index in [0.717, 1.165) is 12.8 Å². The van der Waals surface area contributed by atoms with Crippen LogP contribution >= 0.6 is 0 Å². The van der Waals surface area contributed by atoms with Crippen molar-refractivity contribution < 1.29 is 23.5 Å². The molecule has 8 nitrogen and oxygen atoms in total. The number of nitrogens with zero attached hydrogens (tertiary/aromatic N) is 2. The van der Waals surface area contributed by atoms with Gasteiger partial charge in [-0.1, -0.05) is 6.92 Å². The lowest BCUT2D eigenvalue weighted by molar-refractivity contribution is 0.0475. The lowest BCUT2D eigenvalue weighted by Gasteiger charge is -2.17. The van der Waals surface area contributed by atoms with Crippen LogP contribution in [0.2, 0.25) is 0 Å². The molecule has 1 aromatic heterocycles. The Bertz CT molecular complexity index is 1210. The molecule has 1 saturated heterocycles. The first-order chi connectivity index (χ1) is 15.0. The second kappa shape index (κ2) is 7.63. The Kier molecular flexibility index (Phi) is 4.78. The SMILES string of the molecule is CCc1nc2cc(NC(=O)c3ccc4c(c3)C(=O)N(CC3CCCO3)C4=O)ccc2o1. The molecule has 3 amide bonds. The lowest BCUT2D eigenvalue weighted by atomic mass is 10.1. The van der Waals surface area contributed by atoms with Gasteiger partial charge in [-0.05, 0) is 49.2 Å². The molecule has 2 aliphatic heterocycles. The highest BCUT2D eigenvalue weighted by molar-refractivity contribution is 6.22. The van der Waals surface area contributed by atoms with Crippen LogP contribution in [0.15, 0.2) is 40.8 Å². The normalized spacial score (nSPS) is 18.1. The lowest BCUT2D eigenvalue weighted by Crippen LogP contribution is -2.36. The zero-order valence-electron chi connectivity index (χ0n) is 17.0. The van der Waals surface area contributed by atoms with E-state index in [9.17, 15) is 14.4 Å². The molecule has 0 spiro atoms. The zero-order valence-corrected chi connectivity index (χ0v) is 17.0. The number of ether oxygens (including phenoxy) is 1. The van der Waals surface area contributed by atoms with E-state index < -0.39 is 0 Å². The Morgan fingerprint density at radius 3 is 2.77 bits per heavy atom. The van der Waals surface area contributed by atoms with Crippen LogP contribution in [0, 0.1) is 0 Å². The first-order valence-corrected chi connectivity index (χ1v) is 10.4. The Balaban J connectivity index is 1.35. The van der Waals surface area contributed by atoms with E-state index in [4.69, 9.17) is 9.15 Å². The maximum Gasteiger partial charge on any atom is 0.261 e. The number of benzene rings is 2. The molecule has 2 aliphatic rings. The van der Waals surface area contributed by atoms with Crippen molar-refractivity contribution in [1.82, 2.24) is 9.88 Å². The fourth-order valence-electron chi connectivity index (χ4n) is 4.00. The molecule has 5 rings (SSSR count). The van der Waals surface area contributed by atoms with Gasteiger partial charge in [-0.25, -0.2) is 4.98 Å². The average molecular weight is 419 g/mol. The smallest absolute Gasteiger partial charge is 0.261 e. The van der Waals surface area contributed by atoms with Gasteiger partial charge in [0.25, 0.3) is 17.7 Å². The molecule has 8 heteroatoms. The topological polar surface area (TPSA) is 102 Å². The van der Waals surface area contributed by atoms with Crippen LogP contribution in [0.3, 0.4) is 0 Å². The molecule has 2 aromatic carbocycles. The number of fused-ring (bicyclic) bond motifs is 2. The minimum atomic E-state index is -0.388. The quantitative estimate of drug-likeness (QED) is 0.636. The van der Waals surface area contributed by atoms with Crippen molar-refractivity contribution in [1.29, 1.82) is 0 Å². The van der Waals surface area contributed by atoms with Gasteiger partial charge in [0.15, 0.2) is 11.5 Å². The van der Waals surface area contributed by atoms with Crippen molar-refractivity contribution >= 4 is 34.5 Å². The number of rotatable bonds is 5. The summed E-state index contributed by atoms with van der Waals surface area (Å²) in [5, 5.41) is 2.81. The third kappa shape index (κ3) is 3.48. The van der Waals surface area contributed by atoms with E-state index in [1.54, 1.807) is 24.3 Å². The summed E-state index contributed by atoms with van der Waals surface area (Å²) in [5.41, 5.74) is 2.74. The van der Waals surface area contributed by atoms with Gasteiger partial charge in [-0.3, -0.25) is 19.3 Å². The third-order valence-corrected chi connectivity index (χ3v) is 5.64. The largest absolute Gasteiger partial charge is 0.441 e. The van der Waals surface area contributed by atoms with E-state index in [-0.39, 0.29) is 35.9 Å². The number of aromatic nitrogens is 1. The van der Waals surface area contributed by atoms with Gasteiger partial charge >= 0.3 is 0 Å². The molecule has 0 saturated carbocycles. The highest BCUT2D eigenvalue weighted by atomic mass is 16.5. The molecule has 1 fully saturated rings. The van der Waals surface area contributed by atoms with Gasteiger partial charge in [-0.2, -0.15) is 0 Å². The second-order valence-corrected chi connectivity index (χ2v) is 7.71. The number of imide groups is 1. The first kappa shape index (κ1) is 19.4. The summed E-state index contributed by atoms with van der Waals surface area (Å²) in [5.74, 6) is -0.473. The number of nitrogens with one attached hydrogen (secondary N) is 1. The molecule has 3 aromatic rings. The molecule has 0 aliphatic carbocycles. The molecule has 31 heavy (non-hydrogen) atoms. The van der Waals surface area contributed by atoms with Crippen LogP contribution < -0.4 is 5.32 Å². The molecule has 158 valence electrons. The predicted octanol–water partition coefficient (Wildman–Crippen LogP) is 3.42. The standard InChI is InChI=1S/C23H21N3O5/c1-2-20-25-18-11-14(6-8-19(18)31-20)24-21(27)13-5-7-16-17(10-13)23(29)26(22(16)28)12-15-4-3-9-30-15/h5-8,10-11,15H,2-4,9,12H2,1H3,(H,24,27). The van der Waals surface area contributed by atoms with Gasteiger partial charge in [0.2, 0.25) is 0 Å². The Labute approximate surface area is 178 Å². The molecule has 1 N–H and O–H groups in total. The minimum absolute atomic E-state index is 0.121. The average Bonchev–Trinajstić information content (AvgIpc) is 3.49. The number of carbonyl (C=O) groups excluding carboxylic acids is 3. The summed E-state index contributed by atoms with van der Waals surface area (Å²) in [6.45, 7) is 2.85. The van der Waals surface area contributed by atoms with Crippen molar-refractivity contribution in [2.75, 3.05) is 18.5 Å². The van der Waals surface area contributed by atoms with Crippen molar-refractivity contribution in [3.05, 3.63) is 59.0 Å². The van der Waals surface area contributed by atoms with Gasteiger partial charge in [0.1, 0.15) is 5.52 Å². The van der Waals surface area contributed by atoms with E-state index in [1.807, 2.05) is 6.92 Å². The minimum Gasteiger partial charge on any atom is -0.441 e. The molecular weight excluding hydrogens is 398 g/mol. The number of anilines is 1. The molecule has 0 radical (unpaired) electrons. The fraction of sp³-hybridized carbons (Fsp3) is 0.304. The van der Waals surface area contributed by atoms with Gasteiger partial charge < -0.3 is 14.5 Å². The maximum absolute atomic E-state index is 12.8. The van der Waals surface area contributed by atoms with Crippen molar-refractivity contribution in [2.24, 2.45) is 0 Å². The number of oxazole rings is 1. The van der Waals surface area contributed by atoms with Crippen LogP contribution in [-0.2, 0) is 11.2 Å². The van der Waals surface area contributed by atoms with Crippen molar-refractivity contribution in [3.63, 3.8) is 0 Å². The third-order valence-electron chi connectivity index (χ3n) is 5.64. The Morgan fingerprint density at radius 1 is 1.16 bits per heavy atom. The van der Waals surface area contributed by atoms with Crippen LogP contribution in [0.1, 0.15) is 56.7 Å². The molecule has 1 unspecified atom stereocenters. The van der Waals surface area contributed by atoms with E-state index in [2.05, 4.69) is 10.3 Å². The summed E-state index contributed by atoms with van der Waals surface area (Å²) < 4.78 is 11.1. The second-order valence-electron chi connectivity index (χ2n) is 7.71. The summed E-state index contributed by atoms with van der Waals surface area (Å²) >= 11 is 0. The van der Waals surface area contributed by atoms with E-state index in [0.29, 0.717) is 46.8 Å². The Morgan fingerprint density at radius 2 is 2.00 bits per heavy atom. The number of hydrogen-bond acceptors (Lipinski definition) is 6. The maximum atomic E-state index is 12.8. The van der Waals surface area contributed by atoms with Crippen LogP contribution in [-0.4, -0.2) is 46.9 Å². The van der Waals surface area contributed by atoms with Gasteiger partial charge in [0.05, 0.1) is 23.8 Å². The van der Waals surface area contributed by atoms with Gasteiger partial charge in [0, 0.05) is 24.3 Å². The molecule has 1 atom stereocenters. The summed E-state index contributed by atoms with van der Waals surface area (Å²) in [6, 6.07) is 9.79. The van der Waals surface area contributed by atoms with Crippen LogP contribution in [0.4, 0.5) is 5.69 Å². The number of aryl methyl sites for hydroxylation is 1. The molecular formula is C23H21N3O5. The molecule has 0 bridgehead atoms. The number of carbonyl (C=O) groups is 3. The Hall–Kier alpha value is -3.52. The summed E-state index contributed by atoms with van der Waals surface area (Å²) in [7, 11) is 0. The van der Waals surface area contributed by atoms with E-state index >= 15 is 0 Å². The van der Waals surface area contributed by atoms with Crippen LogP contribution in [0.25, 0.3) is 11.1 Å². The highest BCUT2D eigenvalue weighted by Gasteiger charge is 2.37. The van der Waals surface area contributed by atoms with Crippen LogP contribution in [0.5, 0.6) is 0 Å². The fourth-order valence-corrected chi connectivity index (χ4v) is 4.00. The highest BCUT2D eigenvalue weighted by Crippen LogP contribution is 2.27. The van der Waals surface area contributed by atoms with Crippen molar-refractivity contribution in [2.45, 2.75) is 32.3 Å².